The number of carbonyl (C=O) groups is 2. The Hall–Kier alpha value is -6.40. The SMILES string of the molecule is COC(=O)CCc1ccc(N(c2ccccc2)c2ccc3cc4cc(N(c5ccccc5)c5ccc(CCC(=O)OC)cc5)ccc4cc3c2)cc1. The van der Waals surface area contributed by atoms with Crippen LogP contribution in [-0.2, 0) is 31.9 Å². The minimum absolute atomic E-state index is 0.205. The molecule has 258 valence electrons. The molecule has 52 heavy (non-hydrogen) atoms. The highest BCUT2D eigenvalue weighted by Crippen LogP contribution is 2.39. The van der Waals surface area contributed by atoms with Crippen molar-refractivity contribution in [1.29, 1.82) is 0 Å². The quantitative estimate of drug-likeness (QED) is 0.0943. The predicted molar refractivity (Wildman–Crippen MR) is 211 cm³/mol. The van der Waals surface area contributed by atoms with Crippen molar-refractivity contribution in [1.82, 2.24) is 0 Å². The number of benzene rings is 7. The number of hydrogen-bond donors (Lipinski definition) is 0. The van der Waals surface area contributed by atoms with Crippen molar-refractivity contribution < 1.29 is 19.1 Å². The van der Waals surface area contributed by atoms with Crippen LogP contribution in [-0.4, -0.2) is 26.2 Å². The second-order valence-electron chi connectivity index (χ2n) is 12.7. The van der Waals surface area contributed by atoms with Crippen molar-refractivity contribution in [2.45, 2.75) is 25.7 Å². The number of fused-ring (bicyclic) bond motifs is 2. The number of rotatable bonds is 12. The number of methoxy groups -OCH3 is 2. The van der Waals surface area contributed by atoms with Gasteiger partial charge in [0.15, 0.2) is 0 Å². The van der Waals surface area contributed by atoms with Crippen LogP contribution in [0.25, 0.3) is 21.5 Å². The summed E-state index contributed by atoms with van der Waals surface area (Å²) in [6.45, 7) is 0. The Bertz CT molecular complexity index is 2140. The standard InChI is InChI=1S/C46H40N2O4/c1-51-45(49)27-17-33-13-21-41(22-14-33)47(39-9-5-3-6-10-39)43-25-19-35-30-38-32-44(26-20-36(38)29-37(35)31-43)48(40-11-7-4-8-12-40)42-23-15-34(16-24-42)18-28-46(50)52-2/h3-16,19-26,29-32H,17-18,27-28H2,1-2H3. The van der Waals surface area contributed by atoms with Crippen LogP contribution in [0.5, 0.6) is 0 Å². The predicted octanol–water partition coefficient (Wildman–Crippen LogP) is 11.1. The minimum atomic E-state index is -0.205. The van der Waals surface area contributed by atoms with Crippen molar-refractivity contribution in [3.8, 4) is 0 Å². The smallest absolute Gasteiger partial charge is 0.305 e. The molecule has 7 rings (SSSR count). The summed E-state index contributed by atoms with van der Waals surface area (Å²) in [5, 5.41) is 4.60. The van der Waals surface area contributed by atoms with Gasteiger partial charge in [-0.05, 0) is 130 Å². The monoisotopic (exact) mass is 684 g/mol. The summed E-state index contributed by atoms with van der Waals surface area (Å²) in [5.74, 6) is -0.411. The number of hydrogen-bond acceptors (Lipinski definition) is 6. The van der Waals surface area contributed by atoms with Crippen LogP contribution in [0.2, 0.25) is 0 Å². The Morgan fingerprint density at radius 2 is 0.750 bits per heavy atom. The molecule has 7 aromatic rings. The lowest BCUT2D eigenvalue weighted by Crippen LogP contribution is -2.10. The number of nitrogens with zero attached hydrogens (tertiary/aromatic N) is 2. The van der Waals surface area contributed by atoms with E-state index in [9.17, 15) is 9.59 Å². The maximum Gasteiger partial charge on any atom is 0.305 e. The summed E-state index contributed by atoms with van der Waals surface area (Å²) in [7, 11) is 2.85. The number of aryl methyl sites for hydroxylation is 2. The van der Waals surface area contributed by atoms with Crippen molar-refractivity contribution in [2.75, 3.05) is 24.0 Å². The van der Waals surface area contributed by atoms with E-state index in [4.69, 9.17) is 9.47 Å². The van der Waals surface area contributed by atoms with E-state index in [2.05, 4.69) is 155 Å². The Kier molecular flexibility index (Phi) is 10.3. The summed E-state index contributed by atoms with van der Waals surface area (Å²) in [6, 6.07) is 55.3. The molecule has 0 radical (unpaired) electrons. The number of para-hydroxylation sites is 2. The fourth-order valence-electron chi connectivity index (χ4n) is 6.62. The molecular weight excluding hydrogens is 645 g/mol. The van der Waals surface area contributed by atoms with E-state index in [1.807, 2.05) is 12.1 Å². The molecule has 0 amide bonds. The Morgan fingerprint density at radius 1 is 0.404 bits per heavy atom. The first-order valence-corrected chi connectivity index (χ1v) is 17.5. The third-order valence-corrected chi connectivity index (χ3v) is 9.39. The van der Waals surface area contributed by atoms with E-state index in [0.717, 1.165) is 66.8 Å². The minimum Gasteiger partial charge on any atom is -0.469 e. The largest absolute Gasteiger partial charge is 0.469 e. The van der Waals surface area contributed by atoms with E-state index in [0.29, 0.717) is 25.7 Å². The molecule has 0 aliphatic rings. The average molecular weight is 685 g/mol. The zero-order valence-electron chi connectivity index (χ0n) is 29.4. The van der Waals surface area contributed by atoms with Crippen LogP contribution in [0, 0.1) is 0 Å². The fraction of sp³-hybridized carbons (Fsp3) is 0.130. The highest BCUT2D eigenvalue weighted by Gasteiger charge is 2.16. The molecule has 0 bridgehead atoms. The molecule has 0 aliphatic heterocycles. The summed E-state index contributed by atoms with van der Waals surface area (Å²) < 4.78 is 9.65. The summed E-state index contributed by atoms with van der Waals surface area (Å²) >= 11 is 0. The van der Waals surface area contributed by atoms with E-state index in [1.54, 1.807) is 0 Å². The third-order valence-electron chi connectivity index (χ3n) is 9.39. The van der Waals surface area contributed by atoms with Crippen molar-refractivity contribution in [2.24, 2.45) is 0 Å². The van der Waals surface area contributed by atoms with Gasteiger partial charge in [-0.1, -0.05) is 72.8 Å². The van der Waals surface area contributed by atoms with Gasteiger partial charge >= 0.3 is 11.9 Å². The molecule has 0 atom stereocenters. The van der Waals surface area contributed by atoms with Gasteiger partial charge in [0.2, 0.25) is 0 Å². The van der Waals surface area contributed by atoms with Crippen molar-refractivity contribution >= 4 is 67.6 Å². The second-order valence-corrected chi connectivity index (χ2v) is 12.7. The molecule has 6 nitrogen and oxygen atoms in total. The van der Waals surface area contributed by atoms with Crippen LogP contribution in [0.4, 0.5) is 34.1 Å². The molecule has 0 fully saturated rings. The number of ether oxygens (including phenoxy) is 2. The number of esters is 2. The lowest BCUT2D eigenvalue weighted by atomic mass is 10.0. The molecule has 0 saturated heterocycles. The maximum absolute atomic E-state index is 11.7. The first-order chi connectivity index (χ1) is 25.5. The van der Waals surface area contributed by atoms with Gasteiger partial charge in [0, 0.05) is 47.0 Å². The zero-order valence-corrected chi connectivity index (χ0v) is 29.4. The van der Waals surface area contributed by atoms with Crippen LogP contribution in [0.3, 0.4) is 0 Å². The van der Waals surface area contributed by atoms with E-state index < -0.39 is 0 Å². The van der Waals surface area contributed by atoms with Gasteiger partial charge in [-0.15, -0.1) is 0 Å². The van der Waals surface area contributed by atoms with Crippen LogP contribution < -0.4 is 9.80 Å². The number of anilines is 6. The molecule has 0 heterocycles. The van der Waals surface area contributed by atoms with Crippen molar-refractivity contribution in [3.63, 3.8) is 0 Å². The first kappa shape index (κ1) is 34.1. The van der Waals surface area contributed by atoms with Gasteiger partial charge in [-0.2, -0.15) is 0 Å². The highest BCUT2D eigenvalue weighted by molar-refractivity contribution is 6.01. The molecule has 0 unspecified atom stereocenters. The average Bonchev–Trinajstić information content (AvgIpc) is 3.20. The topological polar surface area (TPSA) is 59.1 Å². The molecular formula is C46H40N2O4. The Morgan fingerprint density at radius 3 is 1.12 bits per heavy atom. The first-order valence-electron chi connectivity index (χ1n) is 17.5. The third kappa shape index (κ3) is 7.67. The molecule has 0 N–H and O–H groups in total. The van der Waals surface area contributed by atoms with E-state index in [-0.39, 0.29) is 11.9 Å². The molecule has 0 aliphatic carbocycles. The van der Waals surface area contributed by atoms with Gasteiger partial charge in [0.25, 0.3) is 0 Å². The van der Waals surface area contributed by atoms with Gasteiger partial charge in [0.1, 0.15) is 0 Å². The summed E-state index contributed by atoms with van der Waals surface area (Å²) in [5.41, 5.74) is 8.49. The van der Waals surface area contributed by atoms with E-state index >= 15 is 0 Å². The summed E-state index contributed by atoms with van der Waals surface area (Å²) in [6.07, 6.45) is 1.98. The molecule has 7 aromatic carbocycles. The Labute approximate surface area is 304 Å². The van der Waals surface area contributed by atoms with Gasteiger partial charge in [-0.25, -0.2) is 0 Å². The second kappa shape index (κ2) is 15.7. The molecule has 0 saturated carbocycles. The lowest BCUT2D eigenvalue weighted by molar-refractivity contribution is -0.141. The molecule has 6 heteroatoms. The maximum atomic E-state index is 11.7. The number of carbonyl (C=O) groups excluding carboxylic acids is 2. The summed E-state index contributed by atoms with van der Waals surface area (Å²) in [4.78, 5) is 27.9. The van der Waals surface area contributed by atoms with Crippen LogP contribution in [0.1, 0.15) is 24.0 Å². The fourth-order valence-corrected chi connectivity index (χ4v) is 6.62. The van der Waals surface area contributed by atoms with Gasteiger partial charge in [-0.3, -0.25) is 9.59 Å². The lowest BCUT2D eigenvalue weighted by Gasteiger charge is -2.26. The van der Waals surface area contributed by atoms with Crippen LogP contribution >= 0.6 is 0 Å². The molecule has 0 aromatic heterocycles. The highest BCUT2D eigenvalue weighted by atomic mass is 16.5. The van der Waals surface area contributed by atoms with E-state index in [1.165, 1.54) is 14.2 Å². The molecule has 0 spiro atoms. The van der Waals surface area contributed by atoms with Gasteiger partial charge in [0.05, 0.1) is 14.2 Å². The van der Waals surface area contributed by atoms with Crippen LogP contribution in [0.15, 0.2) is 158 Å². The Balaban J connectivity index is 1.22. The zero-order chi connectivity index (χ0) is 35.9. The normalized spacial score (nSPS) is 11.0. The van der Waals surface area contributed by atoms with Gasteiger partial charge < -0.3 is 19.3 Å². The van der Waals surface area contributed by atoms with Crippen molar-refractivity contribution in [3.05, 3.63) is 169 Å².